The normalized spacial score (nSPS) is 13.6. The summed E-state index contributed by atoms with van der Waals surface area (Å²) >= 11 is 1.61. The van der Waals surface area contributed by atoms with Gasteiger partial charge in [-0.1, -0.05) is 22.4 Å². The van der Waals surface area contributed by atoms with Gasteiger partial charge in [-0.3, -0.25) is 8.90 Å². The standard InChI is InChI=1S/C5H10BIO6S/c1-4(5(8)9)3-12-6(7)13-14(2,10)11/h4H,3H2,1-2H3,(H,8,9). The lowest BCUT2D eigenvalue weighted by Gasteiger charge is -2.09. The van der Waals surface area contributed by atoms with Crippen molar-refractivity contribution in [2.45, 2.75) is 6.92 Å². The highest BCUT2D eigenvalue weighted by atomic mass is 127. The van der Waals surface area contributed by atoms with Crippen molar-refractivity contribution in [2.24, 2.45) is 5.92 Å². The fourth-order valence-corrected chi connectivity index (χ4v) is 2.13. The Bertz CT molecular complexity index is 291. The van der Waals surface area contributed by atoms with Crippen molar-refractivity contribution in [3.63, 3.8) is 0 Å². The number of halogens is 1. The van der Waals surface area contributed by atoms with Crippen molar-refractivity contribution in [1.29, 1.82) is 0 Å². The van der Waals surface area contributed by atoms with Crippen LogP contribution >= 0.6 is 22.4 Å². The van der Waals surface area contributed by atoms with Gasteiger partial charge < -0.3 is 9.76 Å². The van der Waals surface area contributed by atoms with Crippen LogP contribution in [0.3, 0.4) is 0 Å². The van der Waals surface area contributed by atoms with E-state index >= 15 is 0 Å². The highest BCUT2D eigenvalue weighted by Gasteiger charge is 2.22. The summed E-state index contributed by atoms with van der Waals surface area (Å²) in [6.07, 6.45) is 0.892. The monoisotopic (exact) mass is 336 g/mol. The summed E-state index contributed by atoms with van der Waals surface area (Å²) in [5.74, 6) is -1.71. The van der Waals surface area contributed by atoms with Crippen LogP contribution < -0.4 is 0 Å². The van der Waals surface area contributed by atoms with Gasteiger partial charge in [-0.2, -0.15) is 0 Å². The Morgan fingerprint density at radius 1 is 1.64 bits per heavy atom. The van der Waals surface area contributed by atoms with E-state index < -0.39 is 27.0 Å². The second kappa shape index (κ2) is 5.88. The van der Waals surface area contributed by atoms with Crippen LogP contribution in [-0.2, 0) is 23.7 Å². The third-order valence-corrected chi connectivity index (χ3v) is 2.63. The molecule has 1 unspecified atom stereocenters. The molecule has 0 rings (SSSR count). The summed E-state index contributed by atoms with van der Waals surface area (Å²) in [6, 6.07) is 0. The molecule has 0 saturated heterocycles. The van der Waals surface area contributed by atoms with Gasteiger partial charge in [-0.15, -0.1) is 0 Å². The Morgan fingerprint density at radius 2 is 2.14 bits per heavy atom. The van der Waals surface area contributed by atoms with Gasteiger partial charge in [0.1, 0.15) is 0 Å². The number of rotatable bonds is 6. The maximum absolute atomic E-state index is 10.6. The lowest BCUT2D eigenvalue weighted by Crippen LogP contribution is -2.25. The van der Waals surface area contributed by atoms with E-state index in [4.69, 9.17) is 9.76 Å². The van der Waals surface area contributed by atoms with Crippen molar-refractivity contribution < 1.29 is 27.1 Å². The van der Waals surface area contributed by atoms with E-state index in [1.54, 1.807) is 22.4 Å². The van der Waals surface area contributed by atoms with E-state index in [1.165, 1.54) is 6.92 Å². The smallest absolute Gasteiger partial charge is 0.481 e. The molecule has 0 aliphatic carbocycles. The van der Waals surface area contributed by atoms with Crippen LogP contribution in [0.5, 0.6) is 0 Å². The first-order valence-electron chi connectivity index (χ1n) is 3.59. The quantitative estimate of drug-likeness (QED) is 0.547. The Morgan fingerprint density at radius 3 is 2.50 bits per heavy atom. The first kappa shape index (κ1) is 14.1. The van der Waals surface area contributed by atoms with Crippen molar-refractivity contribution in [3.05, 3.63) is 0 Å². The zero-order chi connectivity index (χ0) is 11.4. The van der Waals surface area contributed by atoms with Gasteiger partial charge >= 0.3 is 10.9 Å². The lowest BCUT2D eigenvalue weighted by atomic mass is 10.2. The van der Waals surface area contributed by atoms with Crippen molar-refractivity contribution >= 4 is 43.4 Å². The number of hydrogen-bond donors (Lipinski definition) is 1. The van der Waals surface area contributed by atoms with E-state index in [2.05, 4.69) is 4.10 Å². The predicted molar refractivity (Wildman–Crippen MR) is 58.5 cm³/mol. The highest BCUT2D eigenvalue weighted by molar-refractivity contribution is 14.1. The van der Waals surface area contributed by atoms with Crippen molar-refractivity contribution in [1.82, 2.24) is 0 Å². The molecule has 14 heavy (non-hydrogen) atoms. The van der Waals surface area contributed by atoms with Gasteiger partial charge in [0.25, 0.3) is 10.1 Å². The second-order valence-electron chi connectivity index (χ2n) is 2.65. The molecule has 0 saturated carbocycles. The second-order valence-corrected chi connectivity index (χ2v) is 5.27. The minimum absolute atomic E-state index is 0.0987. The molecule has 1 atom stereocenters. The molecule has 0 heterocycles. The molecule has 0 aromatic rings. The van der Waals surface area contributed by atoms with Crippen LogP contribution in [0.2, 0.25) is 0 Å². The zero-order valence-electron chi connectivity index (χ0n) is 7.64. The van der Waals surface area contributed by atoms with Crippen LogP contribution in [0.4, 0.5) is 0 Å². The zero-order valence-corrected chi connectivity index (χ0v) is 10.6. The van der Waals surface area contributed by atoms with E-state index in [0.29, 0.717) is 0 Å². The summed E-state index contributed by atoms with van der Waals surface area (Å²) in [5, 5.41) is 8.49. The fourth-order valence-electron chi connectivity index (χ4n) is 0.456. The summed E-state index contributed by atoms with van der Waals surface area (Å²) in [6.45, 7) is 1.35. The summed E-state index contributed by atoms with van der Waals surface area (Å²) in [4.78, 5) is 9.36. The molecule has 0 aliphatic rings. The predicted octanol–water partition coefficient (Wildman–Crippen LogP) is 0.120. The first-order chi connectivity index (χ1) is 6.22. The average Bonchev–Trinajstić information content (AvgIpc) is 1.96. The molecule has 0 aromatic carbocycles. The van der Waals surface area contributed by atoms with E-state index in [9.17, 15) is 13.2 Å². The van der Waals surface area contributed by atoms with Gasteiger partial charge in [-0.05, 0) is 6.92 Å². The minimum Gasteiger partial charge on any atom is -0.481 e. The van der Waals surface area contributed by atoms with Crippen LogP contribution in [0.15, 0.2) is 0 Å². The molecule has 0 aliphatic heterocycles. The van der Waals surface area contributed by atoms with Gasteiger partial charge in [0.15, 0.2) is 0 Å². The van der Waals surface area contributed by atoms with Crippen molar-refractivity contribution in [2.75, 3.05) is 12.9 Å². The van der Waals surface area contributed by atoms with Crippen molar-refractivity contribution in [3.8, 4) is 0 Å². The third-order valence-electron chi connectivity index (χ3n) is 1.15. The van der Waals surface area contributed by atoms with Gasteiger partial charge in [-0.25, -0.2) is 8.42 Å². The molecule has 0 fully saturated rings. The Hall–Kier alpha value is 0.135. The highest BCUT2D eigenvalue weighted by Crippen LogP contribution is 2.06. The van der Waals surface area contributed by atoms with Gasteiger partial charge in [0, 0.05) is 6.61 Å². The molecule has 0 spiro atoms. The number of carbonyl (C=O) groups is 1. The number of hydrogen-bond acceptors (Lipinski definition) is 5. The Labute approximate surface area is 96.1 Å². The fraction of sp³-hybridized carbons (Fsp3) is 0.800. The van der Waals surface area contributed by atoms with E-state index in [-0.39, 0.29) is 6.61 Å². The average molecular weight is 336 g/mol. The van der Waals surface area contributed by atoms with Crippen LogP contribution in [0.25, 0.3) is 0 Å². The molecular formula is C5H10BIO6S. The number of aliphatic carboxylic acids is 1. The van der Waals surface area contributed by atoms with Crippen LogP contribution in [-0.4, -0.2) is 37.3 Å². The molecule has 0 aromatic heterocycles. The minimum atomic E-state index is -3.57. The molecule has 6 nitrogen and oxygen atoms in total. The molecule has 0 amide bonds. The molecule has 0 bridgehead atoms. The molecule has 1 N–H and O–H groups in total. The lowest BCUT2D eigenvalue weighted by molar-refractivity contribution is -0.142. The summed E-state index contributed by atoms with van der Waals surface area (Å²) in [5.41, 5.74) is 0. The van der Waals surface area contributed by atoms with E-state index in [0.717, 1.165) is 6.26 Å². The summed E-state index contributed by atoms with van der Waals surface area (Å²) < 4.78 is 30.5. The topological polar surface area (TPSA) is 89.9 Å². The Balaban J connectivity index is 3.86. The third kappa shape index (κ3) is 7.53. The first-order valence-corrected chi connectivity index (χ1v) is 6.65. The number of carboxylic acid groups (broad SMARTS) is 1. The molecular weight excluding hydrogens is 326 g/mol. The maximum Gasteiger partial charge on any atom is 0.547 e. The van der Waals surface area contributed by atoms with Crippen LogP contribution in [0.1, 0.15) is 6.92 Å². The Kier molecular flexibility index (Phi) is 5.94. The molecule has 82 valence electrons. The largest absolute Gasteiger partial charge is 0.547 e. The van der Waals surface area contributed by atoms with Crippen LogP contribution in [0, 0.1) is 5.92 Å². The van der Waals surface area contributed by atoms with Gasteiger partial charge in [0.2, 0.25) is 0 Å². The molecule has 9 heteroatoms. The SMILES string of the molecule is CC(COB(I)OS(C)(=O)=O)C(=O)O. The maximum atomic E-state index is 10.6. The van der Waals surface area contributed by atoms with E-state index in [1.807, 2.05) is 0 Å². The number of carboxylic acids is 1. The molecule has 0 radical (unpaired) electrons. The summed E-state index contributed by atoms with van der Waals surface area (Å²) in [7, 11) is -3.57. The van der Waals surface area contributed by atoms with Gasteiger partial charge in [0.05, 0.1) is 12.2 Å².